The van der Waals surface area contributed by atoms with Gasteiger partial charge in [0, 0.05) is 19.5 Å². The molecule has 0 unspecified atom stereocenters. The molecule has 2 aromatic rings. The third-order valence-corrected chi connectivity index (χ3v) is 6.09. The van der Waals surface area contributed by atoms with E-state index in [0.717, 1.165) is 24.0 Å². The molecule has 132 valence electrons. The van der Waals surface area contributed by atoms with Crippen molar-refractivity contribution in [3.05, 3.63) is 50.3 Å². The van der Waals surface area contributed by atoms with Crippen molar-refractivity contribution < 1.29 is 9.59 Å². The molecule has 1 saturated carbocycles. The van der Waals surface area contributed by atoms with Crippen molar-refractivity contribution in [1.29, 1.82) is 0 Å². The Kier molecular flexibility index (Phi) is 5.37. The van der Waals surface area contributed by atoms with Crippen LogP contribution in [0.4, 0.5) is 5.00 Å². The third-order valence-electron chi connectivity index (χ3n) is 4.09. The second-order valence-electron chi connectivity index (χ2n) is 6.26. The lowest BCUT2D eigenvalue weighted by Gasteiger charge is -2.18. The van der Waals surface area contributed by atoms with Crippen LogP contribution in [0, 0.1) is 12.8 Å². The molecule has 3 rings (SSSR count). The summed E-state index contributed by atoms with van der Waals surface area (Å²) in [5.74, 6) is 0.0685. The first kappa shape index (κ1) is 18.2. The predicted molar refractivity (Wildman–Crippen MR) is 103 cm³/mol. The first-order valence-electron chi connectivity index (χ1n) is 7.96. The highest BCUT2D eigenvalue weighted by Gasteiger charge is 2.30. The Morgan fingerprint density at radius 1 is 1.32 bits per heavy atom. The zero-order chi connectivity index (χ0) is 18.1. The molecule has 1 fully saturated rings. The van der Waals surface area contributed by atoms with Crippen molar-refractivity contribution in [2.24, 2.45) is 5.92 Å². The van der Waals surface area contributed by atoms with E-state index in [1.165, 1.54) is 11.3 Å². The van der Waals surface area contributed by atoms with E-state index >= 15 is 0 Å². The minimum Gasteiger partial charge on any atom is -0.337 e. The molecule has 1 N–H and O–H groups in total. The number of thiophene rings is 1. The highest BCUT2D eigenvalue weighted by Crippen LogP contribution is 2.33. The molecule has 0 atom stereocenters. The number of benzene rings is 1. The van der Waals surface area contributed by atoms with Crippen LogP contribution in [0.2, 0.25) is 10.0 Å². The molecule has 1 aliphatic carbocycles. The van der Waals surface area contributed by atoms with Crippen LogP contribution in [0.3, 0.4) is 0 Å². The number of hydrogen-bond acceptors (Lipinski definition) is 3. The molecule has 1 aromatic carbocycles. The first-order valence-corrected chi connectivity index (χ1v) is 9.53. The number of rotatable bonds is 5. The van der Waals surface area contributed by atoms with Crippen molar-refractivity contribution in [2.75, 3.05) is 12.4 Å². The Balaban J connectivity index is 1.72. The molecular formula is C18H18Cl2N2O2S. The average molecular weight is 397 g/mol. The molecule has 0 bridgehead atoms. The van der Waals surface area contributed by atoms with Gasteiger partial charge >= 0.3 is 0 Å². The third kappa shape index (κ3) is 4.17. The number of carbonyl (C=O) groups is 2. The standard InChI is InChI=1S/C18H18Cl2N2O2S/c1-10-8-14(21-17(23)11-6-7-11)25-16(10)18(24)22(2)9-12-4-3-5-13(19)15(12)20/h3-5,8,11H,6-7,9H2,1-2H3,(H,21,23). The monoisotopic (exact) mass is 396 g/mol. The number of halogens is 2. The molecule has 0 spiro atoms. The number of amides is 2. The summed E-state index contributed by atoms with van der Waals surface area (Å²) in [7, 11) is 1.72. The Morgan fingerprint density at radius 2 is 2.04 bits per heavy atom. The summed E-state index contributed by atoms with van der Waals surface area (Å²) >= 11 is 13.5. The Bertz CT molecular complexity index is 830. The van der Waals surface area contributed by atoms with Crippen LogP contribution >= 0.6 is 34.5 Å². The molecule has 7 heteroatoms. The fourth-order valence-corrected chi connectivity index (χ4v) is 3.95. The minimum absolute atomic E-state index is 0.0410. The topological polar surface area (TPSA) is 49.4 Å². The first-order chi connectivity index (χ1) is 11.9. The van der Waals surface area contributed by atoms with E-state index in [4.69, 9.17) is 23.2 Å². The van der Waals surface area contributed by atoms with Crippen LogP contribution in [0.15, 0.2) is 24.3 Å². The van der Waals surface area contributed by atoms with Crippen LogP contribution in [-0.4, -0.2) is 23.8 Å². The van der Waals surface area contributed by atoms with Gasteiger partial charge in [-0.15, -0.1) is 11.3 Å². The van der Waals surface area contributed by atoms with Gasteiger partial charge in [-0.1, -0.05) is 35.3 Å². The van der Waals surface area contributed by atoms with Gasteiger partial charge in [-0.3, -0.25) is 9.59 Å². The maximum atomic E-state index is 12.8. The van der Waals surface area contributed by atoms with Gasteiger partial charge in [0.1, 0.15) is 0 Å². The van der Waals surface area contributed by atoms with Crippen molar-refractivity contribution in [3.63, 3.8) is 0 Å². The summed E-state index contributed by atoms with van der Waals surface area (Å²) < 4.78 is 0. The molecule has 0 aliphatic heterocycles. The molecular weight excluding hydrogens is 379 g/mol. The largest absolute Gasteiger partial charge is 0.337 e. The Hall–Kier alpha value is -1.56. The highest BCUT2D eigenvalue weighted by molar-refractivity contribution is 7.18. The maximum absolute atomic E-state index is 12.8. The molecule has 1 aromatic heterocycles. The van der Waals surface area contributed by atoms with Gasteiger partial charge in [0.25, 0.3) is 5.91 Å². The van der Waals surface area contributed by atoms with Crippen LogP contribution in [0.1, 0.15) is 33.6 Å². The van der Waals surface area contributed by atoms with Gasteiger partial charge in [-0.2, -0.15) is 0 Å². The predicted octanol–water partition coefficient (Wildman–Crippen LogP) is 4.98. The van der Waals surface area contributed by atoms with E-state index < -0.39 is 0 Å². The van der Waals surface area contributed by atoms with Crippen LogP contribution in [-0.2, 0) is 11.3 Å². The molecule has 25 heavy (non-hydrogen) atoms. The lowest BCUT2D eigenvalue weighted by atomic mass is 10.2. The van der Waals surface area contributed by atoms with E-state index in [2.05, 4.69) is 5.32 Å². The summed E-state index contributed by atoms with van der Waals surface area (Å²) in [5.41, 5.74) is 1.65. The van der Waals surface area contributed by atoms with E-state index in [0.29, 0.717) is 26.5 Å². The number of carbonyl (C=O) groups excluding carboxylic acids is 2. The Morgan fingerprint density at radius 3 is 2.72 bits per heavy atom. The van der Waals surface area contributed by atoms with Gasteiger partial charge in [0.05, 0.1) is 19.9 Å². The Labute approximate surface area is 160 Å². The number of nitrogens with zero attached hydrogens (tertiary/aromatic N) is 1. The molecule has 2 amide bonds. The van der Waals surface area contributed by atoms with E-state index in [-0.39, 0.29) is 17.7 Å². The van der Waals surface area contributed by atoms with E-state index in [1.54, 1.807) is 18.0 Å². The molecule has 0 saturated heterocycles. The number of aryl methyl sites for hydroxylation is 1. The van der Waals surface area contributed by atoms with E-state index in [9.17, 15) is 9.59 Å². The second-order valence-corrected chi connectivity index (χ2v) is 8.10. The van der Waals surface area contributed by atoms with Crippen molar-refractivity contribution >= 4 is 51.4 Å². The van der Waals surface area contributed by atoms with Crippen LogP contribution < -0.4 is 5.32 Å². The smallest absolute Gasteiger partial charge is 0.264 e. The zero-order valence-electron chi connectivity index (χ0n) is 13.9. The average Bonchev–Trinajstić information content (AvgIpc) is 3.35. The van der Waals surface area contributed by atoms with E-state index in [1.807, 2.05) is 25.1 Å². The summed E-state index contributed by atoms with van der Waals surface area (Å²) in [4.78, 5) is 26.9. The van der Waals surface area contributed by atoms with Crippen molar-refractivity contribution in [3.8, 4) is 0 Å². The van der Waals surface area contributed by atoms with Gasteiger partial charge in [-0.05, 0) is 43.0 Å². The molecule has 1 aliphatic rings. The summed E-state index contributed by atoms with van der Waals surface area (Å²) in [5, 5.41) is 4.54. The number of nitrogens with one attached hydrogen (secondary N) is 1. The lowest BCUT2D eigenvalue weighted by molar-refractivity contribution is -0.117. The number of anilines is 1. The lowest BCUT2D eigenvalue weighted by Crippen LogP contribution is -2.26. The minimum atomic E-state index is -0.106. The second kappa shape index (κ2) is 7.36. The van der Waals surface area contributed by atoms with Gasteiger partial charge < -0.3 is 10.2 Å². The summed E-state index contributed by atoms with van der Waals surface area (Å²) in [6.45, 7) is 2.23. The highest BCUT2D eigenvalue weighted by atomic mass is 35.5. The van der Waals surface area contributed by atoms with Crippen LogP contribution in [0.25, 0.3) is 0 Å². The summed E-state index contributed by atoms with van der Waals surface area (Å²) in [6, 6.07) is 7.22. The summed E-state index contributed by atoms with van der Waals surface area (Å²) in [6.07, 6.45) is 1.90. The van der Waals surface area contributed by atoms with Gasteiger partial charge in [0.15, 0.2) is 0 Å². The number of hydrogen-bond donors (Lipinski definition) is 1. The van der Waals surface area contributed by atoms with Gasteiger partial charge in [0.2, 0.25) is 5.91 Å². The zero-order valence-corrected chi connectivity index (χ0v) is 16.3. The SMILES string of the molecule is Cc1cc(NC(=O)C2CC2)sc1C(=O)N(C)Cc1cccc(Cl)c1Cl. The fourth-order valence-electron chi connectivity index (χ4n) is 2.50. The fraction of sp³-hybridized carbons (Fsp3) is 0.333. The van der Waals surface area contributed by atoms with Crippen molar-refractivity contribution in [1.82, 2.24) is 4.90 Å². The normalized spacial score (nSPS) is 13.6. The molecule has 1 heterocycles. The van der Waals surface area contributed by atoms with Crippen molar-refractivity contribution in [2.45, 2.75) is 26.3 Å². The van der Waals surface area contributed by atoms with Gasteiger partial charge in [-0.25, -0.2) is 0 Å². The molecule has 0 radical (unpaired) electrons. The maximum Gasteiger partial charge on any atom is 0.264 e. The molecule has 4 nitrogen and oxygen atoms in total. The van der Waals surface area contributed by atoms with Crippen LogP contribution in [0.5, 0.6) is 0 Å². The quantitative estimate of drug-likeness (QED) is 0.773.